The molecule has 0 bridgehead atoms. The molecule has 1 aromatic heterocycles. The zero-order valence-electron chi connectivity index (χ0n) is 8.45. The summed E-state index contributed by atoms with van der Waals surface area (Å²) in [4.78, 5) is 7.96. The van der Waals surface area contributed by atoms with Crippen molar-refractivity contribution in [3.05, 3.63) is 44.9 Å². The minimum atomic E-state index is 0.543. The molecule has 1 aromatic carbocycles. The molecule has 2 rings (SSSR count). The molecule has 0 radical (unpaired) electrons. The van der Waals surface area contributed by atoms with Crippen LogP contribution in [0.15, 0.2) is 30.7 Å². The summed E-state index contributed by atoms with van der Waals surface area (Å²) in [6, 6.07) is 5.51. The molecule has 0 N–H and O–H groups in total. The summed E-state index contributed by atoms with van der Waals surface area (Å²) in [6.07, 6.45) is 3.15. The maximum absolute atomic E-state index is 5.91. The summed E-state index contributed by atoms with van der Waals surface area (Å²) < 4.78 is 6.54. The predicted molar refractivity (Wildman–Crippen MR) is 71.0 cm³/mol. The van der Waals surface area contributed by atoms with Gasteiger partial charge in [0.15, 0.2) is 0 Å². The van der Waals surface area contributed by atoms with E-state index in [1.807, 2.05) is 19.1 Å². The molecule has 5 heteroatoms. The molecule has 0 aliphatic carbocycles. The Balaban J connectivity index is 2.34. The lowest BCUT2D eigenvalue weighted by atomic mass is 10.2. The molecule has 3 nitrogen and oxygen atoms in total. The number of aromatic nitrogens is 2. The van der Waals surface area contributed by atoms with E-state index in [4.69, 9.17) is 16.3 Å². The van der Waals surface area contributed by atoms with E-state index in [1.165, 1.54) is 6.33 Å². The zero-order chi connectivity index (χ0) is 11.5. The minimum absolute atomic E-state index is 0.543. The van der Waals surface area contributed by atoms with Gasteiger partial charge in [0.25, 0.3) is 0 Å². The smallest absolute Gasteiger partial charge is 0.235 e. The quantitative estimate of drug-likeness (QED) is 0.775. The molecule has 0 saturated heterocycles. The second-order valence-electron chi connectivity index (χ2n) is 3.19. The van der Waals surface area contributed by atoms with Crippen LogP contribution in [0.5, 0.6) is 11.6 Å². The van der Waals surface area contributed by atoms with E-state index in [9.17, 15) is 0 Å². The van der Waals surface area contributed by atoms with Crippen molar-refractivity contribution < 1.29 is 4.74 Å². The van der Waals surface area contributed by atoms with Gasteiger partial charge >= 0.3 is 0 Å². The predicted octanol–water partition coefficient (Wildman–Crippen LogP) is 3.84. The van der Waals surface area contributed by atoms with E-state index in [2.05, 4.69) is 32.6 Å². The molecule has 0 aliphatic rings. The number of halogens is 2. The van der Waals surface area contributed by atoms with Crippen molar-refractivity contribution in [2.45, 2.75) is 6.92 Å². The van der Waals surface area contributed by atoms with Gasteiger partial charge in [0.2, 0.25) is 5.88 Å². The molecule has 0 aliphatic heterocycles. The van der Waals surface area contributed by atoms with Gasteiger partial charge in [0, 0.05) is 11.2 Å². The van der Waals surface area contributed by atoms with Crippen molar-refractivity contribution in [1.82, 2.24) is 9.97 Å². The topological polar surface area (TPSA) is 35.0 Å². The lowest BCUT2D eigenvalue weighted by Gasteiger charge is -2.08. The molecule has 0 saturated carbocycles. The Hall–Kier alpha value is -0.880. The molecular weight excluding hydrogens is 338 g/mol. The summed E-state index contributed by atoms with van der Waals surface area (Å²) in [6.45, 7) is 1.96. The van der Waals surface area contributed by atoms with E-state index in [-0.39, 0.29) is 0 Å². The first-order valence-corrected chi connectivity index (χ1v) is 6.02. The van der Waals surface area contributed by atoms with Crippen LogP contribution in [0.2, 0.25) is 5.02 Å². The average Bonchev–Trinajstić information content (AvgIpc) is 2.27. The number of rotatable bonds is 2. The Kier molecular flexibility index (Phi) is 3.60. The largest absolute Gasteiger partial charge is 0.437 e. The third kappa shape index (κ3) is 2.62. The highest BCUT2D eigenvalue weighted by molar-refractivity contribution is 14.1. The van der Waals surface area contributed by atoms with Crippen LogP contribution >= 0.6 is 34.2 Å². The van der Waals surface area contributed by atoms with Crippen LogP contribution in [0.4, 0.5) is 0 Å². The number of nitrogens with zero attached hydrogens (tertiary/aromatic N) is 2. The second kappa shape index (κ2) is 4.97. The molecule has 0 spiro atoms. The number of ether oxygens (including phenoxy) is 1. The van der Waals surface area contributed by atoms with E-state index in [0.29, 0.717) is 16.7 Å². The van der Waals surface area contributed by atoms with Gasteiger partial charge in [-0.3, -0.25) is 0 Å². The first-order chi connectivity index (χ1) is 7.66. The second-order valence-corrected chi connectivity index (χ2v) is 4.79. The van der Waals surface area contributed by atoms with Gasteiger partial charge in [-0.1, -0.05) is 17.7 Å². The standard InChI is InChI=1S/C11H8ClIN2O/c1-7-2-3-8(12)4-10(7)16-11-9(13)5-14-6-15-11/h2-6H,1H3. The highest BCUT2D eigenvalue weighted by atomic mass is 127. The van der Waals surface area contributed by atoms with E-state index >= 15 is 0 Å². The molecule has 1 heterocycles. The lowest BCUT2D eigenvalue weighted by Crippen LogP contribution is -1.93. The Bertz CT molecular complexity index is 519. The molecule has 0 atom stereocenters. The fraction of sp³-hybridized carbons (Fsp3) is 0.0909. The first kappa shape index (κ1) is 11.6. The molecule has 82 valence electrons. The monoisotopic (exact) mass is 346 g/mol. The van der Waals surface area contributed by atoms with Crippen molar-refractivity contribution in [3.8, 4) is 11.6 Å². The first-order valence-electron chi connectivity index (χ1n) is 4.56. The van der Waals surface area contributed by atoms with Crippen molar-refractivity contribution in [1.29, 1.82) is 0 Å². The summed E-state index contributed by atoms with van der Waals surface area (Å²) in [5, 5.41) is 0.643. The van der Waals surface area contributed by atoms with Gasteiger partial charge in [-0.05, 0) is 47.2 Å². The van der Waals surface area contributed by atoms with E-state index in [0.717, 1.165) is 9.13 Å². The van der Waals surface area contributed by atoms with Crippen LogP contribution in [0.3, 0.4) is 0 Å². The Labute approximate surface area is 112 Å². The summed E-state index contributed by atoms with van der Waals surface area (Å²) >= 11 is 8.03. The van der Waals surface area contributed by atoms with E-state index in [1.54, 1.807) is 12.3 Å². The van der Waals surface area contributed by atoms with Crippen LogP contribution in [-0.2, 0) is 0 Å². The van der Waals surface area contributed by atoms with Gasteiger partial charge in [0.1, 0.15) is 12.1 Å². The molecular formula is C11H8ClIN2O. The van der Waals surface area contributed by atoms with Gasteiger partial charge in [-0.2, -0.15) is 0 Å². The molecule has 0 fully saturated rings. The van der Waals surface area contributed by atoms with Crippen LogP contribution < -0.4 is 4.74 Å². The lowest BCUT2D eigenvalue weighted by molar-refractivity contribution is 0.454. The van der Waals surface area contributed by atoms with Crippen LogP contribution in [-0.4, -0.2) is 9.97 Å². The number of hydrogen-bond donors (Lipinski definition) is 0. The maximum Gasteiger partial charge on any atom is 0.235 e. The fourth-order valence-corrected chi connectivity index (χ4v) is 1.74. The van der Waals surface area contributed by atoms with Crippen LogP contribution in [0, 0.1) is 10.5 Å². The van der Waals surface area contributed by atoms with E-state index < -0.39 is 0 Å². The Morgan fingerprint density at radius 3 is 2.94 bits per heavy atom. The summed E-state index contributed by atoms with van der Waals surface area (Å²) in [7, 11) is 0. The normalized spacial score (nSPS) is 10.2. The van der Waals surface area contributed by atoms with Gasteiger partial charge < -0.3 is 4.74 Å². The third-order valence-corrected chi connectivity index (χ3v) is 2.97. The van der Waals surface area contributed by atoms with Crippen LogP contribution in [0.25, 0.3) is 0 Å². The van der Waals surface area contributed by atoms with Crippen molar-refractivity contribution in [2.75, 3.05) is 0 Å². The third-order valence-electron chi connectivity index (χ3n) is 1.99. The molecule has 16 heavy (non-hydrogen) atoms. The molecule has 2 aromatic rings. The van der Waals surface area contributed by atoms with Crippen molar-refractivity contribution in [2.24, 2.45) is 0 Å². The van der Waals surface area contributed by atoms with Gasteiger partial charge in [-0.15, -0.1) is 0 Å². The maximum atomic E-state index is 5.91. The number of hydrogen-bond acceptors (Lipinski definition) is 3. The SMILES string of the molecule is Cc1ccc(Cl)cc1Oc1ncncc1I. The Morgan fingerprint density at radius 1 is 1.38 bits per heavy atom. The minimum Gasteiger partial charge on any atom is -0.437 e. The fourth-order valence-electron chi connectivity index (χ4n) is 1.16. The molecule has 0 unspecified atom stereocenters. The summed E-state index contributed by atoms with van der Waals surface area (Å²) in [5.41, 5.74) is 1.01. The average molecular weight is 347 g/mol. The molecule has 0 amide bonds. The van der Waals surface area contributed by atoms with Gasteiger partial charge in [-0.25, -0.2) is 9.97 Å². The zero-order valence-corrected chi connectivity index (χ0v) is 11.4. The van der Waals surface area contributed by atoms with Crippen molar-refractivity contribution in [3.63, 3.8) is 0 Å². The number of benzene rings is 1. The highest BCUT2D eigenvalue weighted by Gasteiger charge is 2.06. The number of aryl methyl sites for hydroxylation is 1. The summed E-state index contributed by atoms with van der Waals surface area (Å²) in [5.74, 6) is 1.25. The van der Waals surface area contributed by atoms with Gasteiger partial charge in [0.05, 0.1) is 3.57 Å². The Morgan fingerprint density at radius 2 is 2.19 bits per heavy atom. The van der Waals surface area contributed by atoms with Crippen molar-refractivity contribution >= 4 is 34.2 Å². The highest BCUT2D eigenvalue weighted by Crippen LogP contribution is 2.28. The van der Waals surface area contributed by atoms with Crippen LogP contribution in [0.1, 0.15) is 5.56 Å².